The Bertz CT molecular complexity index is 712. The molecule has 1 saturated heterocycles. The molecule has 1 N–H and O–H groups in total. The second kappa shape index (κ2) is 4.94. The number of amides is 2. The second-order valence-electron chi connectivity index (χ2n) is 4.44. The van der Waals surface area contributed by atoms with Crippen LogP contribution in [0.1, 0.15) is 4.88 Å². The third-order valence-corrected chi connectivity index (χ3v) is 4.46. The molecule has 2 aliphatic rings. The summed E-state index contributed by atoms with van der Waals surface area (Å²) >= 11 is 1.32. The van der Waals surface area contributed by atoms with E-state index < -0.39 is 22.5 Å². The van der Waals surface area contributed by atoms with E-state index in [2.05, 4.69) is 9.27 Å². The summed E-state index contributed by atoms with van der Waals surface area (Å²) < 4.78 is 39.6. The van der Waals surface area contributed by atoms with E-state index in [4.69, 9.17) is 9.29 Å². The van der Waals surface area contributed by atoms with Crippen molar-refractivity contribution in [3.63, 3.8) is 0 Å². The number of methoxy groups -OCH3 is 1. The quantitative estimate of drug-likeness (QED) is 0.794. The Hall–Kier alpha value is -1.69. The minimum absolute atomic E-state index is 0.299. The first kappa shape index (κ1) is 14.3. The van der Waals surface area contributed by atoms with E-state index in [1.54, 1.807) is 12.3 Å². The molecule has 1 aromatic rings. The van der Waals surface area contributed by atoms with Crippen LogP contribution in [0.3, 0.4) is 0 Å². The van der Waals surface area contributed by atoms with E-state index in [1.807, 2.05) is 0 Å². The molecule has 0 spiro atoms. The van der Waals surface area contributed by atoms with Crippen molar-refractivity contribution in [3.8, 4) is 5.19 Å². The number of thiazole rings is 1. The Labute approximate surface area is 124 Å². The molecule has 1 aromatic heterocycles. The molecule has 0 aliphatic carbocycles. The molecule has 3 rings (SSSR count). The van der Waals surface area contributed by atoms with E-state index in [1.165, 1.54) is 23.3 Å². The molecule has 3 heterocycles. The molecular formula is C10H11N3O6S2. The molecule has 2 amide bonds. The van der Waals surface area contributed by atoms with Gasteiger partial charge in [-0.15, -0.1) is 4.28 Å². The van der Waals surface area contributed by atoms with E-state index in [-0.39, 0.29) is 0 Å². The lowest BCUT2D eigenvalue weighted by Crippen LogP contribution is -2.35. The van der Waals surface area contributed by atoms with Crippen LogP contribution < -0.4 is 4.74 Å². The van der Waals surface area contributed by atoms with Gasteiger partial charge in [0.15, 0.2) is 0 Å². The summed E-state index contributed by atoms with van der Waals surface area (Å²) in [5.74, 6) is 0. The number of nitrogens with zero attached hydrogens (tertiary/aromatic N) is 3. The highest BCUT2D eigenvalue weighted by molar-refractivity contribution is 7.80. The van der Waals surface area contributed by atoms with Crippen LogP contribution in [0.25, 0.3) is 5.57 Å². The van der Waals surface area contributed by atoms with E-state index in [0.29, 0.717) is 23.3 Å². The standard InChI is InChI=1S/C10H11N3O6S2/c1-18-9-11-3-8(20-9)6-2-7-5-12(4-6)10(14)13(7)19-21(15,16)17/h2-3,7H,4-5H2,1H3,(H,15,16,17). The molecule has 9 nitrogen and oxygen atoms in total. The molecule has 0 aromatic carbocycles. The third-order valence-electron chi connectivity index (χ3n) is 3.07. The van der Waals surface area contributed by atoms with Gasteiger partial charge in [-0.3, -0.25) is 4.55 Å². The Balaban J connectivity index is 1.88. The highest BCUT2D eigenvalue weighted by Crippen LogP contribution is 2.33. The van der Waals surface area contributed by atoms with Crippen molar-refractivity contribution in [3.05, 3.63) is 17.2 Å². The number of aromatic nitrogens is 1. The van der Waals surface area contributed by atoms with E-state index in [9.17, 15) is 13.2 Å². The summed E-state index contributed by atoms with van der Waals surface area (Å²) in [6.45, 7) is 0.611. The van der Waals surface area contributed by atoms with E-state index >= 15 is 0 Å². The van der Waals surface area contributed by atoms with Crippen molar-refractivity contribution in [2.45, 2.75) is 6.04 Å². The SMILES string of the molecule is COc1ncc(C2=CC3CN(C2)C(=O)N3OS(=O)(=O)O)s1. The van der Waals surface area contributed by atoms with Crippen LogP contribution in [0.4, 0.5) is 4.79 Å². The molecule has 1 unspecified atom stereocenters. The Morgan fingerprint density at radius 3 is 2.90 bits per heavy atom. The second-order valence-corrected chi connectivity index (χ2v) is 6.44. The number of hydrogen-bond donors (Lipinski definition) is 1. The Morgan fingerprint density at radius 2 is 2.29 bits per heavy atom. The van der Waals surface area contributed by atoms with Gasteiger partial charge in [0.05, 0.1) is 18.0 Å². The summed E-state index contributed by atoms with van der Waals surface area (Å²) in [7, 11) is -3.23. The Morgan fingerprint density at radius 1 is 1.52 bits per heavy atom. The predicted molar refractivity (Wildman–Crippen MR) is 71.9 cm³/mol. The molecule has 21 heavy (non-hydrogen) atoms. The topological polar surface area (TPSA) is 109 Å². The van der Waals surface area contributed by atoms with Gasteiger partial charge in [-0.05, 0) is 5.57 Å². The van der Waals surface area contributed by atoms with Gasteiger partial charge in [-0.2, -0.15) is 13.5 Å². The van der Waals surface area contributed by atoms with Crippen molar-refractivity contribution >= 4 is 33.3 Å². The molecule has 11 heteroatoms. The van der Waals surface area contributed by atoms with Gasteiger partial charge >= 0.3 is 16.4 Å². The summed E-state index contributed by atoms with van der Waals surface area (Å²) in [6, 6.07) is -1.20. The zero-order chi connectivity index (χ0) is 15.2. The molecule has 0 saturated carbocycles. The van der Waals surface area contributed by atoms with Crippen LogP contribution in [0.2, 0.25) is 0 Å². The van der Waals surface area contributed by atoms with Crippen molar-refractivity contribution < 1.29 is 26.8 Å². The lowest BCUT2D eigenvalue weighted by molar-refractivity contribution is -0.0183. The van der Waals surface area contributed by atoms with Gasteiger partial charge in [-0.25, -0.2) is 9.78 Å². The van der Waals surface area contributed by atoms with Gasteiger partial charge in [-0.1, -0.05) is 17.4 Å². The Kier molecular flexibility index (Phi) is 3.36. The van der Waals surface area contributed by atoms with Gasteiger partial charge in [0.2, 0.25) is 0 Å². The van der Waals surface area contributed by atoms with Crippen LogP contribution in [-0.2, 0) is 14.7 Å². The van der Waals surface area contributed by atoms with Gasteiger partial charge in [0.25, 0.3) is 5.19 Å². The number of fused-ring (bicyclic) bond motifs is 2. The van der Waals surface area contributed by atoms with E-state index in [0.717, 1.165) is 10.5 Å². The summed E-state index contributed by atoms with van der Waals surface area (Å²) in [6.07, 6.45) is 3.35. The minimum Gasteiger partial charge on any atom is -0.473 e. The lowest BCUT2D eigenvalue weighted by Gasteiger charge is -2.20. The minimum atomic E-state index is -4.74. The summed E-state index contributed by atoms with van der Waals surface area (Å²) in [5.41, 5.74) is 0.821. The summed E-state index contributed by atoms with van der Waals surface area (Å²) in [4.78, 5) is 18.3. The maximum atomic E-state index is 12.0. The number of urea groups is 1. The monoisotopic (exact) mass is 333 g/mol. The molecule has 114 valence electrons. The maximum Gasteiger partial charge on any atom is 0.418 e. The smallest absolute Gasteiger partial charge is 0.418 e. The molecule has 2 bridgehead atoms. The van der Waals surface area contributed by atoms with Crippen LogP contribution in [0.5, 0.6) is 5.19 Å². The first-order valence-electron chi connectivity index (χ1n) is 5.83. The van der Waals surface area contributed by atoms with Crippen molar-refractivity contribution in [1.82, 2.24) is 14.9 Å². The zero-order valence-electron chi connectivity index (χ0n) is 10.8. The highest BCUT2D eigenvalue weighted by Gasteiger charge is 2.43. The predicted octanol–water partition coefficient (Wildman–Crippen LogP) is 0.389. The lowest BCUT2D eigenvalue weighted by atomic mass is 10.1. The van der Waals surface area contributed by atoms with Crippen molar-refractivity contribution in [2.75, 3.05) is 20.2 Å². The number of carbonyl (C=O) groups is 1. The average molecular weight is 333 g/mol. The third kappa shape index (κ3) is 2.72. The van der Waals surface area contributed by atoms with Gasteiger partial charge in [0, 0.05) is 19.3 Å². The first-order chi connectivity index (χ1) is 9.87. The van der Waals surface area contributed by atoms with Crippen LogP contribution in [0.15, 0.2) is 12.3 Å². The number of hydrogen-bond acceptors (Lipinski definition) is 7. The molecule has 1 fully saturated rings. The summed E-state index contributed by atoms with van der Waals surface area (Å²) in [5, 5.41) is 1.15. The molecule has 0 radical (unpaired) electrons. The number of hydroxylamine groups is 2. The van der Waals surface area contributed by atoms with Gasteiger partial charge in [0.1, 0.15) is 0 Å². The van der Waals surface area contributed by atoms with Crippen LogP contribution in [0, 0.1) is 0 Å². The van der Waals surface area contributed by atoms with Crippen LogP contribution in [-0.4, -0.2) is 60.2 Å². The molecule has 2 aliphatic heterocycles. The van der Waals surface area contributed by atoms with Crippen molar-refractivity contribution in [1.29, 1.82) is 0 Å². The largest absolute Gasteiger partial charge is 0.473 e. The number of ether oxygens (including phenoxy) is 1. The fourth-order valence-electron chi connectivity index (χ4n) is 2.25. The number of rotatable bonds is 4. The zero-order valence-corrected chi connectivity index (χ0v) is 12.4. The fourth-order valence-corrected chi connectivity index (χ4v) is 3.38. The molecular weight excluding hydrogens is 322 g/mol. The van der Waals surface area contributed by atoms with Gasteiger partial charge < -0.3 is 9.64 Å². The average Bonchev–Trinajstić information content (AvgIpc) is 2.97. The highest BCUT2D eigenvalue weighted by atomic mass is 32.3. The number of carbonyl (C=O) groups excluding carboxylic acids is 1. The first-order valence-corrected chi connectivity index (χ1v) is 8.01. The van der Waals surface area contributed by atoms with Crippen LogP contribution >= 0.6 is 11.3 Å². The van der Waals surface area contributed by atoms with Crippen molar-refractivity contribution in [2.24, 2.45) is 0 Å². The normalized spacial score (nSPS) is 21.7. The fraction of sp³-hybridized carbons (Fsp3) is 0.400. The molecule has 1 atom stereocenters. The maximum absolute atomic E-state index is 12.0.